The number of hydrogen-bond acceptors (Lipinski definition) is 2. The zero-order valence-electron chi connectivity index (χ0n) is 10.1. The van der Waals surface area contributed by atoms with Gasteiger partial charge in [-0.1, -0.05) is 25.8 Å². The van der Waals surface area contributed by atoms with Gasteiger partial charge in [0.25, 0.3) is 0 Å². The third kappa shape index (κ3) is 5.33. The molecular weight excluding hydrogens is 184 g/mol. The van der Waals surface area contributed by atoms with Crippen molar-refractivity contribution in [2.45, 2.75) is 57.5 Å². The van der Waals surface area contributed by atoms with E-state index in [4.69, 9.17) is 0 Å². The summed E-state index contributed by atoms with van der Waals surface area (Å²) in [4.78, 5) is 0. The van der Waals surface area contributed by atoms with Crippen LogP contribution in [0.2, 0.25) is 0 Å². The van der Waals surface area contributed by atoms with Gasteiger partial charge in [-0.25, -0.2) is 0 Å². The molecule has 0 aliphatic carbocycles. The third-order valence-electron chi connectivity index (χ3n) is 3.17. The van der Waals surface area contributed by atoms with Crippen LogP contribution in [0.3, 0.4) is 0 Å². The molecule has 1 rings (SSSR count). The van der Waals surface area contributed by atoms with Gasteiger partial charge in [0.05, 0.1) is 0 Å². The van der Waals surface area contributed by atoms with Gasteiger partial charge < -0.3 is 10.6 Å². The van der Waals surface area contributed by atoms with Crippen LogP contribution in [-0.4, -0.2) is 25.2 Å². The molecule has 0 bridgehead atoms. The first kappa shape index (κ1) is 12.7. The Balaban J connectivity index is 2.24. The lowest BCUT2D eigenvalue weighted by molar-refractivity contribution is 0.331. The smallest absolute Gasteiger partial charge is 0.0134 e. The fraction of sp³-hybridized carbons (Fsp3) is 0.846. The van der Waals surface area contributed by atoms with Crippen LogP contribution in [0.1, 0.15) is 45.4 Å². The molecule has 2 N–H and O–H groups in total. The van der Waals surface area contributed by atoms with Crippen LogP contribution in [0.4, 0.5) is 0 Å². The van der Waals surface area contributed by atoms with Crippen molar-refractivity contribution >= 4 is 0 Å². The minimum atomic E-state index is 0.670. The highest BCUT2D eigenvalue weighted by atomic mass is 15.0. The van der Waals surface area contributed by atoms with Gasteiger partial charge in [0.1, 0.15) is 0 Å². The van der Waals surface area contributed by atoms with Crippen molar-refractivity contribution in [2.75, 3.05) is 13.1 Å². The highest BCUT2D eigenvalue weighted by molar-refractivity contribution is 4.81. The first-order valence-electron chi connectivity index (χ1n) is 6.44. The molecule has 1 heterocycles. The Kier molecular flexibility index (Phi) is 6.69. The molecule has 1 fully saturated rings. The van der Waals surface area contributed by atoms with Gasteiger partial charge in [0, 0.05) is 18.6 Å². The Morgan fingerprint density at radius 2 is 2.40 bits per heavy atom. The van der Waals surface area contributed by atoms with Gasteiger partial charge in [0.15, 0.2) is 0 Å². The average Bonchev–Trinajstić information content (AvgIpc) is 2.28. The monoisotopic (exact) mass is 210 g/mol. The standard InChI is InChI=1S/C13H26N2/c1-3-7-12(14-9-4-2)11-13-8-5-6-10-15-13/h4,12-15H,2-3,5-11H2,1H3/t12-,13+/m0/s1. The molecule has 1 saturated heterocycles. The molecular formula is C13H26N2. The minimum Gasteiger partial charge on any atom is -0.314 e. The number of hydrogen-bond donors (Lipinski definition) is 2. The molecule has 88 valence electrons. The van der Waals surface area contributed by atoms with E-state index in [1.165, 1.54) is 45.1 Å². The molecule has 0 saturated carbocycles. The lowest BCUT2D eigenvalue weighted by atomic mass is 9.96. The highest BCUT2D eigenvalue weighted by Crippen LogP contribution is 2.14. The summed E-state index contributed by atoms with van der Waals surface area (Å²) in [6.07, 6.45) is 9.90. The van der Waals surface area contributed by atoms with Crippen molar-refractivity contribution in [3.05, 3.63) is 12.7 Å². The van der Waals surface area contributed by atoms with E-state index in [1.807, 2.05) is 6.08 Å². The van der Waals surface area contributed by atoms with Gasteiger partial charge in [0.2, 0.25) is 0 Å². The van der Waals surface area contributed by atoms with E-state index in [1.54, 1.807) is 0 Å². The van der Waals surface area contributed by atoms with Crippen LogP contribution in [-0.2, 0) is 0 Å². The van der Waals surface area contributed by atoms with Crippen molar-refractivity contribution in [1.82, 2.24) is 10.6 Å². The molecule has 2 heteroatoms. The van der Waals surface area contributed by atoms with Crippen molar-refractivity contribution in [1.29, 1.82) is 0 Å². The number of nitrogens with one attached hydrogen (secondary N) is 2. The maximum atomic E-state index is 3.76. The molecule has 15 heavy (non-hydrogen) atoms. The topological polar surface area (TPSA) is 24.1 Å². The van der Waals surface area contributed by atoms with E-state index in [-0.39, 0.29) is 0 Å². The quantitative estimate of drug-likeness (QED) is 0.631. The van der Waals surface area contributed by atoms with Gasteiger partial charge in [-0.05, 0) is 32.2 Å². The number of rotatable bonds is 7. The lowest BCUT2D eigenvalue weighted by Gasteiger charge is -2.28. The summed E-state index contributed by atoms with van der Waals surface area (Å²) in [5.74, 6) is 0. The fourth-order valence-corrected chi connectivity index (χ4v) is 2.37. The average molecular weight is 210 g/mol. The summed E-state index contributed by atoms with van der Waals surface area (Å²) in [5, 5.41) is 7.18. The van der Waals surface area contributed by atoms with E-state index in [0.717, 1.165) is 12.6 Å². The maximum Gasteiger partial charge on any atom is 0.0134 e. The van der Waals surface area contributed by atoms with Crippen molar-refractivity contribution < 1.29 is 0 Å². The van der Waals surface area contributed by atoms with Crippen LogP contribution in [0.5, 0.6) is 0 Å². The SMILES string of the molecule is C=CCN[C@@H](CCC)C[C@H]1CCCCN1. The Labute approximate surface area is 94.5 Å². The summed E-state index contributed by atoms with van der Waals surface area (Å²) < 4.78 is 0. The van der Waals surface area contributed by atoms with E-state index in [0.29, 0.717) is 6.04 Å². The first-order valence-corrected chi connectivity index (χ1v) is 6.44. The Morgan fingerprint density at radius 3 is 3.00 bits per heavy atom. The highest BCUT2D eigenvalue weighted by Gasteiger charge is 2.17. The largest absolute Gasteiger partial charge is 0.314 e. The minimum absolute atomic E-state index is 0.670. The van der Waals surface area contributed by atoms with Gasteiger partial charge in [-0.3, -0.25) is 0 Å². The molecule has 1 aliphatic heterocycles. The van der Waals surface area contributed by atoms with E-state index in [9.17, 15) is 0 Å². The van der Waals surface area contributed by atoms with Crippen LogP contribution < -0.4 is 10.6 Å². The Morgan fingerprint density at radius 1 is 1.53 bits per heavy atom. The second-order valence-electron chi connectivity index (χ2n) is 4.57. The molecule has 1 aliphatic rings. The predicted octanol–water partition coefficient (Wildman–Crippen LogP) is 2.46. The molecule has 0 unspecified atom stereocenters. The molecule has 0 spiro atoms. The molecule has 0 radical (unpaired) electrons. The molecule has 0 aromatic heterocycles. The molecule has 0 aromatic carbocycles. The van der Waals surface area contributed by atoms with E-state index < -0.39 is 0 Å². The summed E-state index contributed by atoms with van der Waals surface area (Å²) in [7, 11) is 0. The summed E-state index contributed by atoms with van der Waals surface area (Å²) >= 11 is 0. The fourth-order valence-electron chi connectivity index (χ4n) is 2.37. The van der Waals surface area contributed by atoms with Crippen molar-refractivity contribution in [3.8, 4) is 0 Å². The summed E-state index contributed by atoms with van der Waals surface area (Å²) in [6, 6.07) is 1.41. The second-order valence-corrected chi connectivity index (χ2v) is 4.57. The molecule has 0 amide bonds. The maximum absolute atomic E-state index is 3.76. The van der Waals surface area contributed by atoms with Crippen LogP contribution in [0, 0.1) is 0 Å². The third-order valence-corrected chi connectivity index (χ3v) is 3.17. The van der Waals surface area contributed by atoms with Crippen LogP contribution in [0.25, 0.3) is 0 Å². The normalized spacial score (nSPS) is 23.7. The van der Waals surface area contributed by atoms with Crippen molar-refractivity contribution in [2.24, 2.45) is 0 Å². The summed E-state index contributed by atoms with van der Waals surface area (Å²) in [6.45, 7) is 8.18. The molecule has 2 nitrogen and oxygen atoms in total. The van der Waals surface area contributed by atoms with Crippen molar-refractivity contribution in [3.63, 3.8) is 0 Å². The van der Waals surface area contributed by atoms with Gasteiger partial charge >= 0.3 is 0 Å². The van der Waals surface area contributed by atoms with Crippen LogP contribution >= 0.6 is 0 Å². The molecule has 2 atom stereocenters. The lowest BCUT2D eigenvalue weighted by Crippen LogP contribution is -2.41. The zero-order valence-corrected chi connectivity index (χ0v) is 10.1. The zero-order chi connectivity index (χ0) is 10.9. The summed E-state index contributed by atoms with van der Waals surface area (Å²) in [5.41, 5.74) is 0. The van der Waals surface area contributed by atoms with Gasteiger partial charge in [-0.15, -0.1) is 6.58 Å². The molecule has 0 aromatic rings. The Bertz CT molecular complexity index is 162. The Hall–Kier alpha value is -0.340. The van der Waals surface area contributed by atoms with E-state index >= 15 is 0 Å². The van der Waals surface area contributed by atoms with E-state index in [2.05, 4.69) is 24.1 Å². The van der Waals surface area contributed by atoms with Crippen LogP contribution in [0.15, 0.2) is 12.7 Å². The van der Waals surface area contributed by atoms with Gasteiger partial charge in [-0.2, -0.15) is 0 Å². The second kappa shape index (κ2) is 7.89. The predicted molar refractivity (Wildman–Crippen MR) is 67.2 cm³/mol. The number of piperidine rings is 1. The first-order chi connectivity index (χ1) is 7.36.